The van der Waals surface area contributed by atoms with Crippen LogP contribution in [0.1, 0.15) is 5.69 Å². The molecule has 3 rings (SSSR count). The van der Waals surface area contributed by atoms with Crippen molar-refractivity contribution in [2.75, 3.05) is 0 Å². The van der Waals surface area contributed by atoms with Crippen LogP contribution < -0.4 is 4.40 Å². The number of nitrogens with zero attached hydrogens (tertiary/aromatic N) is 1. The molecule has 0 atom stereocenters. The number of aromatic amines is 1. The molecule has 0 unspecified atom stereocenters. The second kappa shape index (κ2) is 3.49. The van der Waals surface area contributed by atoms with Crippen molar-refractivity contribution >= 4 is 5.65 Å². The van der Waals surface area contributed by atoms with Crippen LogP contribution >= 0.6 is 0 Å². The summed E-state index contributed by atoms with van der Waals surface area (Å²) in [6, 6.07) is 16.6. The Hall–Kier alpha value is -2.09. The summed E-state index contributed by atoms with van der Waals surface area (Å²) < 4.78 is 2.17. The van der Waals surface area contributed by atoms with E-state index in [9.17, 15) is 0 Å². The number of fused-ring (bicyclic) bond motifs is 1. The minimum Gasteiger partial charge on any atom is -0.236 e. The third-order valence-electron chi connectivity index (χ3n) is 2.90. The zero-order chi connectivity index (χ0) is 11.0. The SMILES string of the molecule is Cc1c(-c2ccccc2)[nH]c2cccc[n+]12. The molecule has 2 heteroatoms. The Bertz CT molecular complexity index is 624. The van der Waals surface area contributed by atoms with Crippen LogP contribution in [0.2, 0.25) is 0 Å². The van der Waals surface area contributed by atoms with Gasteiger partial charge in [0.1, 0.15) is 0 Å². The van der Waals surface area contributed by atoms with Crippen molar-refractivity contribution in [2.24, 2.45) is 0 Å². The predicted octanol–water partition coefficient (Wildman–Crippen LogP) is 2.73. The molecule has 1 N–H and O–H groups in total. The minimum atomic E-state index is 1.12. The highest BCUT2D eigenvalue weighted by molar-refractivity contribution is 5.62. The summed E-state index contributed by atoms with van der Waals surface area (Å²) in [7, 11) is 0. The molecule has 0 fully saturated rings. The zero-order valence-corrected chi connectivity index (χ0v) is 9.14. The number of aryl methyl sites for hydroxylation is 1. The molecule has 0 radical (unpaired) electrons. The Kier molecular flexibility index (Phi) is 2.00. The van der Waals surface area contributed by atoms with Gasteiger partial charge in [-0.1, -0.05) is 36.4 Å². The maximum atomic E-state index is 3.44. The molecule has 0 saturated carbocycles. The summed E-state index contributed by atoms with van der Waals surface area (Å²) in [5.74, 6) is 0. The smallest absolute Gasteiger partial charge is 0.236 e. The van der Waals surface area contributed by atoms with Crippen molar-refractivity contribution in [1.29, 1.82) is 0 Å². The van der Waals surface area contributed by atoms with Gasteiger partial charge < -0.3 is 0 Å². The average molecular weight is 209 g/mol. The van der Waals surface area contributed by atoms with Crippen LogP contribution in [0.15, 0.2) is 54.7 Å². The van der Waals surface area contributed by atoms with E-state index in [0.717, 1.165) is 5.65 Å². The molecule has 0 aliphatic carbocycles. The van der Waals surface area contributed by atoms with E-state index < -0.39 is 0 Å². The number of imidazole rings is 1. The number of nitrogens with one attached hydrogen (secondary N) is 1. The lowest BCUT2D eigenvalue weighted by Crippen LogP contribution is -2.21. The molecule has 0 saturated heterocycles. The van der Waals surface area contributed by atoms with Gasteiger partial charge in [-0.25, -0.2) is 4.98 Å². The fourth-order valence-corrected chi connectivity index (χ4v) is 2.06. The summed E-state index contributed by atoms with van der Waals surface area (Å²) in [6.07, 6.45) is 2.08. The van der Waals surface area contributed by atoms with Gasteiger partial charge in [0, 0.05) is 18.6 Å². The number of H-pyrrole nitrogens is 1. The van der Waals surface area contributed by atoms with Crippen molar-refractivity contribution < 1.29 is 4.40 Å². The van der Waals surface area contributed by atoms with Crippen molar-refractivity contribution in [1.82, 2.24) is 4.98 Å². The highest BCUT2D eigenvalue weighted by Gasteiger charge is 2.15. The van der Waals surface area contributed by atoms with Crippen molar-refractivity contribution in [3.63, 3.8) is 0 Å². The summed E-state index contributed by atoms with van der Waals surface area (Å²) in [5.41, 5.74) is 4.77. The lowest BCUT2D eigenvalue weighted by Gasteiger charge is -1.93. The topological polar surface area (TPSA) is 19.9 Å². The van der Waals surface area contributed by atoms with Gasteiger partial charge in [-0.2, -0.15) is 4.40 Å². The molecule has 0 spiro atoms. The Morgan fingerprint density at radius 1 is 0.938 bits per heavy atom. The van der Waals surface area contributed by atoms with Gasteiger partial charge in [0.2, 0.25) is 0 Å². The third-order valence-corrected chi connectivity index (χ3v) is 2.90. The van der Waals surface area contributed by atoms with Crippen LogP contribution in [-0.4, -0.2) is 4.98 Å². The van der Waals surface area contributed by atoms with Crippen molar-refractivity contribution in [3.8, 4) is 11.3 Å². The minimum absolute atomic E-state index is 1.12. The van der Waals surface area contributed by atoms with Crippen molar-refractivity contribution in [3.05, 3.63) is 60.4 Å². The number of hydrogen-bond acceptors (Lipinski definition) is 0. The predicted molar refractivity (Wildman–Crippen MR) is 64.1 cm³/mol. The van der Waals surface area contributed by atoms with Gasteiger partial charge in [-0.05, 0) is 6.07 Å². The van der Waals surface area contributed by atoms with E-state index in [0.29, 0.717) is 0 Å². The van der Waals surface area contributed by atoms with Crippen LogP contribution in [-0.2, 0) is 0 Å². The van der Waals surface area contributed by atoms with Crippen molar-refractivity contribution in [2.45, 2.75) is 6.92 Å². The van der Waals surface area contributed by atoms with Crippen LogP contribution in [0.25, 0.3) is 16.9 Å². The number of pyridine rings is 1. The van der Waals surface area contributed by atoms with Gasteiger partial charge in [-0.3, -0.25) is 0 Å². The van der Waals surface area contributed by atoms with Gasteiger partial charge in [0.05, 0.1) is 6.20 Å². The molecule has 78 valence electrons. The monoisotopic (exact) mass is 209 g/mol. The van der Waals surface area contributed by atoms with Crippen LogP contribution in [0.4, 0.5) is 0 Å². The van der Waals surface area contributed by atoms with Gasteiger partial charge in [-0.15, -0.1) is 0 Å². The van der Waals surface area contributed by atoms with Gasteiger partial charge in [0.15, 0.2) is 11.4 Å². The molecule has 0 aliphatic heterocycles. The van der Waals surface area contributed by atoms with E-state index >= 15 is 0 Å². The van der Waals surface area contributed by atoms with Crippen LogP contribution in [0.3, 0.4) is 0 Å². The highest BCUT2D eigenvalue weighted by Crippen LogP contribution is 2.19. The Morgan fingerprint density at radius 2 is 1.69 bits per heavy atom. The van der Waals surface area contributed by atoms with Crippen LogP contribution in [0, 0.1) is 6.92 Å². The largest absolute Gasteiger partial charge is 0.284 e. The number of hydrogen-bond donors (Lipinski definition) is 1. The molecule has 2 heterocycles. The molecule has 1 aromatic carbocycles. The number of benzene rings is 1. The standard InChI is InChI=1S/C14H12N2/c1-11-14(12-7-3-2-4-8-12)15-13-9-5-6-10-16(11)13/h2-10H,1H3/p+1. The molecule has 16 heavy (non-hydrogen) atoms. The van der Waals surface area contributed by atoms with Crippen LogP contribution in [0.5, 0.6) is 0 Å². The van der Waals surface area contributed by atoms with E-state index in [1.54, 1.807) is 0 Å². The summed E-state index contributed by atoms with van der Waals surface area (Å²) in [5, 5.41) is 0. The highest BCUT2D eigenvalue weighted by atomic mass is 15.0. The van der Waals surface area contributed by atoms with E-state index in [-0.39, 0.29) is 0 Å². The summed E-state index contributed by atoms with van der Waals surface area (Å²) >= 11 is 0. The van der Waals surface area contributed by atoms with E-state index in [2.05, 4.69) is 52.8 Å². The first kappa shape index (κ1) is 9.16. The average Bonchev–Trinajstić information content (AvgIpc) is 2.69. The van der Waals surface area contributed by atoms with Gasteiger partial charge >= 0.3 is 0 Å². The van der Waals surface area contributed by atoms with E-state index in [4.69, 9.17) is 0 Å². The first-order valence-electron chi connectivity index (χ1n) is 5.40. The summed E-state index contributed by atoms with van der Waals surface area (Å²) in [6.45, 7) is 2.13. The molecule has 0 amide bonds. The Balaban J connectivity index is 2.29. The molecule has 2 aromatic heterocycles. The fraction of sp³-hybridized carbons (Fsp3) is 0.0714. The maximum Gasteiger partial charge on any atom is 0.284 e. The lowest BCUT2D eigenvalue weighted by atomic mass is 10.1. The summed E-state index contributed by atoms with van der Waals surface area (Å²) in [4.78, 5) is 3.44. The second-order valence-electron chi connectivity index (χ2n) is 3.91. The van der Waals surface area contributed by atoms with E-state index in [1.165, 1.54) is 17.0 Å². The third kappa shape index (κ3) is 1.31. The maximum absolute atomic E-state index is 3.44. The first-order valence-corrected chi connectivity index (χ1v) is 5.40. The molecule has 3 aromatic rings. The molecular weight excluding hydrogens is 196 g/mol. The Labute approximate surface area is 94.2 Å². The van der Waals surface area contributed by atoms with E-state index in [1.807, 2.05) is 18.2 Å². The number of aromatic nitrogens is 2. The Morgan fingerprint density at radius 3 is 2.44 bits per heavy atom. The quantitative estimate of drug-likeness (QED) is 0.595. The molecule has 2 nitrogen and oxygen atoms in total. The zero-order valence-electron chi connectivity index (χ0n) is 9.14. The lowest BCUT2D eigenvalue weighted by molar-refractivity contribution is -0.517. The molecular formula is C14H13N2+. The first-order chi connectivity index (χ1) is 7.86. The second-order valence-corrected chi connectivity index (χ2v) is 3.91. The number of rotatable bonds is 1. The molecule has 0 aliphatic rings. The fourth-order valence-electron chi connectivity index (χ4n) is 2.06. The van der Waals surface area contributed by atoms with Gasteiger partial charge in [0.25, 0.3) is 5.65 Å². The molecule has 0 bridgehead atoms. The normalized spacial score (nSPS) is 10.8.